The Hall–Kier alpha value is -2.42. The van der Waals surface area contributed by atoms with Crippen LogP contribution in [0.4, 0.5) is 41.9 Å². The number of anilines is 5. The van der Waals surface area contributed by atoms with Crippen molar-refractivity contribution in [2.45, 2.75) is 6.18 Å². The Labute approximate surface area is 172 Å². The highest BCUT2D eigenvalue weighted by atomic mass is 35.5. The van der Waals surface area contributed by atoms with Gasteiger partial charge in [0.1, 0.15) is 12.0 Å². The first-order valence-electron chi connectivity index (χ1n) is 7.61. The normalized spacial score (nSPS) is 11.4. The molecule has 3 aromatic rings. The molecule has 0 aliphatic rings. The molecule has 0 saturated heterocycles. The number of hydrogen-bond donors (Lipinski definition) is 3. The van der Waals surface area contributed by atoms with Crippen molar-refractivity contribution in [2.75, 3.05) is 16.4 Å². The lowest BCUT2D eigenvalue weighted by Crippen LogP contribution is -2.08. The first-order valence-corrected chi connectivity index (χ1v) is 8.75. The molecular weight excluding hydrogens is 438 g/mol. The Morgan fingerprint density at radius 3 is 2.18 bits per heavy atom. The largest absolute Gasteiger partial charge is 0.417 e. The molecule has 1 aromatic heterocycles. The van der Waals surface area contributed by atoms with Gasteiger partial charge in [0.25, 0.3) is 0 Å². The zero-order valence-corrected chi connectivity index (χ0v) is 16.0. The van der Waals surface area contributed by atoms with Crippen molar-refractivity contribution < 1.29 is 13.2 Å². The number of halogens is 6. The number of hydrogen-bond acceptors (Lipinski definition) is 5. The molecule has 28 heavy (non-hydrogen) atoms. The molecule has 0 radical (unpaired) electrons. The summed E-state index contributed by atoms with van der Waals surface area (Å²) >= 11 is 17.7. The van der Waals surface area contributed by atoms with Crippen LogP contribution < -0.4 is 16.4 Å². The second-order valence-electron chi connectivity index (χ2n) is 5.55. The fourth-order valence-corrected chi connectivity index (χ4v) is 2.83. The first-order chi connectivity index (χ1) is 13.1. The molecule has 3 rings (SSSR count). The molecule has 4 N–H and O–H groups in total. The van der Waals surface area contributed by atoms with Crippen LogP contribution >= 0.6 is 34.8 Å². The number of nitrogens with one attached hydrogen (secondary N) is 2. The molecule has 11 heteroatoms. The number of nitrogen functional groups attached to an aromatic ring is 1. The SMILES string of the molecule is Nc1c(Nc2ccc(Cl)c(C(F)(F)F)c2)ncnc1Nc1cc(Cl)ccc1Cl. The van der Waals surface area contributed by atoms with E-state index >= 15 is 0 Å². The summed E-state index contributed by atoms with van der Waals surface area (Å²) in [6.45, 7) is 0. The Morgan fingerprint density at radius 1 is 0.857 bits per heavy atom. The minimum absolute atomic E-state index is 0.0713. The van der Waals surface area contributed by atoms with Gasteiger partial charge in [-0.2, -0.15) is 13.2 Å². The molecule has 2 aromatic carbocycles. The standard InChI is InChI=1S/C17H11Cl3F3N5/c18-8-1-3-12(20)13(5-8)28-16-14(24)15(25-7-26-16)27-9-2-4-11(19)10(6-9)17(21,22)23/h1-7H,24H2,(H2,25,26,27,28). The zero-order chi connectivity index (χ0) is 20.5. The van der Waals surface area contributed by atoms with Crippen LogP contribution in [0, 0.1) is 0 Å². The van der Waals surface area contributed by atoms with Gasteiger partial charge in [0.15, 0.2) is 11.6 Å². The van der Waals surface area contributed by atoms with Gasteiger partial charge in [0, 0.05) is 10.7 Å². The van der Waals surface area contributed by atoms with Crippen LogP contribution in [0.5, 0.6) is 0 Å². The number of rotatable bonds is 4. The highest BCUT2D eigenvalue weighted by Gasteiger charge is 2.33. The van der Waals surface area contributed by atoms with Gasteiger partial charge in [-0.25, -0.2) is 9.97 Å². The van der Waals surface area contributed by atoms with Gasteiger partial charge in [0.2, 0.25) is 0 Å². The number of alkyl halides is 3. The molecule has 0 atom stereocenters. The summed E-state index contributed by atoms with van der Waals surface area (Å²) in [5.41, 5.74) is 5.70. The van der Waals surface area contributed by atoms with Crippen LogP contribution in [0.15, 0.2) is 42.7 Å². The smallest absolute Gasteiger partial charge is 0.393 e. The van der Waals surface area contributed by atoms with Crippen LogP contribution in [-0.4, -0.2) is 9.97 Å². The summed E-state index contributed by atoms with van der Waals surface area (Å²) in [5, 5.41) is 6.06. The fraction of sp³-hybridized carbons (Fsp3) is 0.0588. The maximum Gasteiger partial charge on any atom is 0.417 e. The molecule has 0 aliphatic carbocycles. The topological polar surface area (TPSA) is 75.9 Å². The highest BCUT2D eigenvalue weighted by molar-refractivity contribution is 6.35. The Kier molecular flexibility index (Phi) is 5.74. The fourth-order valence-electron chi connectivity index (χ4n) is 2.27. The molecule has 0 saturated carbocycles. The van der Waals surface area contributed by atoms with Crippen LogP contribution in [0.3, 0.4) is 0 Å². The third kappa shape index (κ3) is 4.52. The van der Waals surface area contributed by atoms with E-state index in [4.69, 9.17) is 40.5 Å². The van der Waals surface area contributed by atoms with Crippen molar-refractivity contribution in [3.63, 3.8) is 0 Å². The minimum Gasteiger partial charge on any atom is -0.393 e. The molecule has 146 valence electrons. The molecule has 0 spiro atoms. The predicted molar refractivity (Wildman–Crippen MR) is 106 cm³/mol. The van der Waals surface area contributed by atoms with Gasteiger partial charge in [0.05, 0.1) is 21.3 Å². The van der Waals surface area contributed by atoms with Gasteiger partial charge in [-0.3, -0.25) is 0 Å². The third-order valence-electron chi connectivity index (χ3n) is 3.60. The Morgan fingerprint density at radius 2 is 1.50 bits per heavy atom. The number of aromatic nitrogens is 2. The number of nitrogens with two attached hydrogens (primary N) is 1. The Bertz CT molecular complexity index is 1030. The van der Waals surface area contributed by atoms with Crippen LogP contribution in [0.1, 0.15) is 5.56 Å². The van der Waals surface area contributed by atoms with Crippen molar-refractivity contribution in [1.29, 1.82) is 0 Å². The average Bonchev–Trinajstić information content (AvgIpc) is 2.62. The van der Waals surface area contributed by atoms with Crippen LogP contribution in [0.2, 0.25) is 15.1 Å². The maximum atomic E-state index is 13.0. The summed E-state index contributed by atoms with van der Waals surface area (Å²) in [6.07, 6.45) is -3.40. The van der Waals surface area contributed by atoms with Crippen molar-refractivity contribution >= 4 is 63.5 Å². The minimum atomic E-state index is -4.60. The van der Waals surface area contributed by atoms with E-state index in [-0.39, 0.29) is 23.0 Å². The van der Waals surface area contributed by atoms with Crippen molar-refractivity contribution in [3.05, 3.63) is 63.4 Å². The molecule has 0 fully saturated rings. The molecule has 0 unspecified atom stereocenters. The molecule has 5 nitrogen and oxygen atoms in total. The summed E-state index contributed by atoms with van der Waals surface area (Å²) in [5.74, 6) is 0.303. The van der Waals surface area contributed by atoms with Crippen LogP contribution in [-0.2, 0) is 6.18 Å². The first kappa shape index (κ1) is 20.3. The number of nitrogens with zero attached hydrogens (tertiary/aromatic N) is 2. The van der Waals surface area contributed by atoms with Crippen LogP contribution in [0.25, 0.3) is 0 Å². The zero-order valence-electron chi connectivity index (χ0n) is 13.8. The molecular formula is C17H11Cl3F3N5. The van der Waals surface area contributed by atoms with E-state index in [2.05, 4.69) is 20.6 Å². The second kappa shape index (κ2) is 7.90. The lowest BCUT2D eigenvalue weighted by Gasteiger charge is -2.15. The van der Waals surface area contributed by atoms with Gasteiger partial charge in [-0.15, -0.1) is 0 Å². The molecule has 0 aliphatic heterocycles. The Balaban J connectivity index is 1.91. The molecule has 1 heterocycles. The number of benzene rings is 2. The van der Waals surface area contributed by atoms with E-state index in [0.29, 0.717) is 15.7 Å². The monoisotopic (exact) mass is 447 g/mol. The predicted octanol–water partition coefficient (Wildman–Crippen LogP) is 6.53. The molecule has 0 bridgehead atoms. The second-order valence-corrected chi connectivity index (χ2v) is 6.80. The summed E-state index contributed by atoms with van der Waals surface area (Å²) < 4.78 is 39.1. The summed E-state index contributed by atoms with van der Waals surface area (Å²) in [4.78, 5) is 8.00. The van der Waals surface area contributed by atoms with E-state index < -0.39 is 16.8 Å². The van der Waals surface area contributed by atoms with Gasteiger partial charge < -0.3 is 16.4 Å². The van der Waals surface area contributed by atoms with E-state index in [0.717, 1.165) is 12.1 Å². The van der Waals surface area contributed by atoms with E-state index in [1.807, 2.05) is 0 Å². The van der Waals surface area contributed by atoms with E-state index in [9.17, 15) is 13.2 Å². The van der Waals surface area contributed by atoms with Crippen molar-refractivity contribution in [2.24, 2.45) is 0 Å². The quantitative estimate of drug-likeness (QED) is 0.423. The highest BCUT2D eigenvalue weighted by Crippen LogP contribution is 2.37. The van der Waals surface area contributed by atoms with Gasteiger partial charge in [-0.1, -0.05) is 34.8 Å². The van der Waals surface area contributed by atoms with Gasteiger partial charge in [-0.05, 0) is 36.4 Å². The lowest BCUT2D eigenvalue weighted by molar-refractivity contribution is -0.137. The lowest BCUT2D eigenvalue weighted by atomic mass is 10.2. The van der Waals surface area contributed by atoms with Crippen molar-refractivity contribution in [1.82, 2.24) is 9.97 Å². The van der Waals surface area contributed by atoms with Crippen molar-refractivity contribution in [3.8, 4) is 0 Å². The van der Waals surface area contributed by atoms with Gasteiger partial charge >= 0.3 is 6.18 Å². The van der Waals surface area contributed by atoms with E-state index in [1.165, 1.54) is 12.4 Å². The third-order valence-corrected chi connectivity index (χ3v) is 4.49. The average molecular weight is 449 g/mol. The van der Waals surface area contributed by atoms with E-state index in [1.54, 1.807) is 18.2 Å². The maximum absolute atomic E-state index is 13.0. The summed E-state index contributed by atoms with van der Waals surface area (Å²) in [6, 6.07) is 8.16. The summed E-state index contributed by atoms with van der Waals surface area (Å²) in [7, 11) is 0. The molecule has 0 amide bonds.